The number of rotatable bonds is 5. The van der Waals surface area contributed by atoms with Crippen LogP contribution in [-0.2, 0) is 14.3 Å². The van der Waals surface area contributed by atoms with E-state index in [2.05, 4.69) is 5.32 Å². The Kier molecular flexibility index (Phi) is 4.61. The highest BCUT2D eigenvalue weighted by molar-refractivity contribution is 5.92. The van der Waals surface area contributed by atoms with Gasteiger partial charge in [0.15, 0.2) is 6.61 Å². The molecule has 2 aliphatic carbocycles. The summed E-state index contributed by atoms with van der Waals surface area (Å²) in [5, 5.41) is 11.4. The zero-order valence-corrected chi connectivity index (χ0v) is 13.0. The van der Waals surface area contributed by atoms with Crippen molar-refractivity contribution in [2.75, 3.05) is 11.9 Å². The third-order valence-electron chi connectivity index (χ3n) is 4.98. The molecule has 1 aromatic rings. The molecule has 0 aromatic heterocycles. The van der Waals surface area contributed by atoms with Gasteiger partial charge in [-0.15, -0.1) is 0 Å². The molecule has 1 N–H and O–H groups in total. The van der Waals surface area contributed by atoms with Gasteiger partial charge in [0.2, 0.25) is 0 Å². The molecular formula is C18H20N2O3. The van der Waals surface area contributed by atoms with Gasteiger partial charge in [-0.25, -0.2) is 0 Å². The SMILES string of the molecule is N#Cc1ccc(NC(=O)COC(=O)C[C@H]2C[C@H]3CC[C@@H]2C3)cc1. The Hall–Kier alpha value is -2.35. The first-order valence-electron chi connectivity index (χ1n) is 8.09. The van der Waals surface area contributed by atoms with E-state index in [0.29, 0.717) is 29.5 Å². The highest BCUT2D eigenvalue weighted by Crippen LogP contribution is 2.49. The lowest BCUT2D eigenvalue weighted by atomic mass is 9.86. The summed E-state index contributed by atoms with van der Waals surface area (Å²) in [6, 6.07) is 8.55. The molecule has 1 aromatic carbocycles. The number of nitrogens with one attached hydrogen (secondary N) is 1. The molecule has 2 saturated carbocycles. The fraction of sp³-hybridized carbons (Fsp3) is 0.500. The van der Waals surface area contributed by atoms with Gasteiger partial charge >= 0.3 is 5.97 Å². The number of hydrogen-bond donors (Lipinski definition) is 1. The van der Waals surface area contributed by atoms with E-state index in [1.165, 1.54) is 19.3 Å². The molecule has 5 nitrogen and oxygen atoms in total. The number of carbonyl (C=O) groups excluding carboxylic acids is 2. The number of benzene rings is 1. The Morgan fingerprint density at radius 2 is 2.00 bits per heavy atom. The fourth-order valence-electron chi connectivity index (χ4n) is 3.87. The summed E-state index contributed by atoms with van der Waals surface area (Å²) in [6.45, 7) is -0.264. The van der Waals surface area contributed by atoms with Crippen LogP contribution in [0.25, 0.3) is 0 Å². The molecule has 1 amide bonds. The summed E-state index contributed by atoms with van der Waals surface area (Å²) >= 11 is 0. The molecule has 2 aliphatic rings. The third-order valence-corrected chi connectivity index (χ3v) is 4.98. The third kappa shape index (κ3) is 3.89. The lowest BCUT2D eigenvalue weighted by Crippen LogP contribution is -2.23. The molecule has 3 atom stereocenters. The Morgan fingerprint density at radius 3 is 2.61 bits per heavy atom. The van der Waals surface area contributed by atoms with Crippen LogP contribution < -0.4 is 5.32 Å². The molecule has 5 heteroatoms. The second-order valence-corrected chi connectivity index (χ2v) is 6.54. The summed E-state index contributed by atoms with van der Waals surface area (Å²) < 4.78 is 5.09. The van der Waals surface area contributed by atoms with Crippen LogP contribution in [0, 0.1) is 29.1 Å². The first-order valence-corrected chi connectivity index (χ1v) is 8.09. The lowest BCUT2D eigenvalue weighted by molar-refractivity contribution is -0.148. The fourth-order valence-corrected chi connectivity index (χ4v) is 3.87. The quantitative estimate of drug-likeness (QED) is 0.848. The van der Waals surface area contributed by atoms with E-state index in [0.717, 1.165) is 12.3 Å². The summed E-state index contributed by atoms with van der Waals surface area (Å²) in [5.74, 6) is 1.29. The van der Waals surface area contributed by atoms with Crippen molar-refractivity contribution in [3.05, 3.63) is 29.8 Å². The van der Waals surface area contributed by atoms with Crippen molar-refractivity contribution >= 4 is 17.6 Å². The van der Waals surface area contributed by atoms with Crippen molar-refractivity contribution in [2.24, 2.45) is 17.8 Å². The van der Waals surface area contributed by atoms with Gasteiger partial charge in [0.05, 0.1) is 11.6 Å². The zero-order valence-electron chi connectivity index (χ0n) is 13.0. The van der Waals surface area contributed by atoms with E-state index in [1.54, 1.807) is 24.3 Å². The minimum absolute atomic E-state index is 0.264. The van der Waals surface area contributed by atoms with Gasteiger partial charge in [-0.05, 0) is 61.3 Å². The van der Waals surface area contributed by atoms with Crippen molar-refractivity contribution in [3.63, 3.8) is 0 Å². The van der Waals surface area contributed by atoms with Crippen LogP contribution in [0.2, 0.25) is 0 Å². The molecule has 2 fully saturated rings. The Balaban J connectivity index is 1.40. The van der Waals surface area contributed by atoms with Crippen LogP contribution in [0.15, 0.2) is 24.3 Å². The molecule has 0 heterocycles. The molecule has 0 radical (unpaired) electrons. The molecule has 0 aliphatic heterocycles. The van der Waals surface area contributed by atoms with E-state index >= 15 is 0 Å². The van der Waals surface area contributed by atoms with Crippen LogP contribution in [0.5, 0.6) is 0 Å². The normalized spacial score (nSPS) is 24.9. The van der Waals surface area contributed by atoms with Gasteiger partial charge in [0.25, 0.3) is 5.91 Å². The molecule has 0 spiro atoms. The predicted octanol–water partition coefficient (Wildman–Crippen LogP) is 2.87. The lowest BCUT2D eigenvalue weighted by Gasteiger charge is -2.20. The molecule has 2 bridgehead atoms. The molecule has 0 unspecified atom stereocenters. The highest BCUT2D eigenvalue weighted by Gasteiger charge is 2.40. The first-order chi connectivity index (χ1) is 11.1. The van der Waals surface area contributed by atoms with E-state index < -0.39 is 0 Å². The smallest absolute Gasteiger partial charge is 0.306 e. The standard InChI is InChI=1S/C18H20N2O3/c19-10-12-2-5-16(6-3-12)20-17(21)11-23-18(22)9-15-8-13-1-4-14(15)7-13/h2-3,5-6,13-15H,1,4,7-9,11H2,(H,20,21)/t13-,14+,15+/m0/s1. The average Bonchev–Trinajstić information content (AvgIpc) is 3.16. The predicted molar refractivity (Wildman–Crippen MR) is 84.3 cm³/mol. The summed E-state index contributed by atoms with van der Waals surface area (Å²) in [7, 11) is 0. The van der Waals surface area contributed by atoms with Crippen molar-refractivity contribution in [2.45, 2.75) is 32.1 Å². The number of amides is 1. The maximum absolute atomic E-state index is 11.9. The van der Waals surface area contributed by atoms with Crippen LogP contribution >= 0.6 is 0 Å². The second-order valence-electron chi connectivity index (χ2n) is 6.54. The number of nitriles is 1. The largest absolute Gasteiger partial charge is 0.456 e. The van der Waals surface area contributed by atoms with Crippen molar-refractivity contribution in [1.29, 1.82) is 5.26 Å². The number of esters is 1. The Morgan fingerprint density at radius 1 is 1.22 bits per heavy atom. The molecule has 120 valence electrons. The van der Waals surface area contributed by atoms with Gasteiger partial charge in [0.1, 0.15) is 0 Å². The van der Waals surface area contributed by atoms with Crippen LogP contribution in [-0.4, -0.2) is 18.5 Å². The van der Waals surface area contributed by atoms with Crippen molar-refractivity contribution < 1.29 is 14.3 Å². The minimum atomic E-state index is -0.365. The summed E-state index contributed by atoms with van der Waals surface area (Å²) in [4.78, 5) is 23.7. The number of carbonyl (C=O) groups is 2. The van der Waals surface area contributed by atoms with Gasteiger partial charge in [0, 0.05) is 12.1 Å². The Bertz CT molecular complexity index is 633. The van der Waals surface area contributed by atoms with Crippen molar-refractivity contribution in [1.82, 2.24) is 0 Å². The highest BCUT2D eigenvalue weighted by atomic mass is 16.5. The number of fused-ring (bicyclic) bond motifs is 2. The van der Waals surface area contributed by atoms with E-state index in [-0.39, 0.29) is 18.5 Å². The maximum atomic E-state index is 11.9. The van der Waals surface area contributed by atoms with Crippen molar-refractivity contribution in [3.8, 4) is 6.07 Å². The maximum Gasteiger partial charge on any atom is 0.306 e. The topological polar surface area (TPSA) is 79.2 Å². The van der Waals surface area contributed by atoms with Gasteiger partial charge < -0.3 is 10.1 Å². The van der Waals surface area contributed by atoms with Gasteiger partial charge in [-0.1, -0.05) is 6.42 Å². The average molecular weight is 312 g/mol. The minimum Gasteiger partial charge on any atom is -0.456 e. The van der Waals surface area contributed by atoms with E-state index in [1.807, 2.05) is 6.07 Å². The van der Waals surface area contributed by atoms with Gasteiger partial charge in [-0.3, -0.25) is 9.59 Å². The first kappa shape index (κ1) is 15.5. The number of anilines is 1. The number of nitrogens with zero attached hydrogens (tertiary/aromatic N) is 1. The molecule has 23 heavy (non-hydrogen) atoms. The number of hydrogen-bond acceptors (Lipinski definition) is 4. The van der Waals surface area contributed by atoms with Gasteiger partial charge in [-0.2, -0.15) is 5.26 Å². The van der Waals surface area contributed by atoms with Crippen LogP contribution in [0.4, 0.5) is 5.69 Å². The van der Waals surface area contributed by atoms with Crippen LogP contribution in [0.3, 0.4) is 0 Å². The zero-order chi connectivity index (χ0) is 16.2. The second kappa shape index (κ2) is 6.82. The number of ether oxygens (including phenoxy) is 1. The summed E-state index contributed by atoms with van der Waals surface area (Å²) in [6.07, 6.45) is 5.38. The molecule has 3 rings (SSSR count). The summed E-state index contributed by atoms with van der Waals surface area (Å²) in [5.41, 5.74) is 1.11. The van der Waals surface area contributed by atoms with Crippen LogP contribution in [0.1, 0.15) is 37.7 Å². The monoisotopic (exact) mass is 312 g/mol. The molecule has 0 saturated heterocycles. The Labute approximate surface area is 135 Å². The molecular weight excluding hydrogens is 292 g/mol. The van der Waals surface area contributed by atoms with E-state index in [9.17, 15) is 9.59 Å². The van der Waals surface area contributed by atoms with E-state index in [4.69, 9.17) is 10.00 Å².